The third-order valence-electron chi connectivity index (χ3n) is 11.0. The molecule has 1 aromatic carbocycles. The summed E-state index contributed by atoms with van der Waals surface area (Å²) in [7, 11) is 6.77. The van der Waals surface area contributed by atoms with E-state index in [9.17, 15) is 19.2 Å². The predicted octanol–water partition coefficient (Wildman–Crippen LogP) is 5.05. The van der Waals surface area contributed by atoms with Crippen molar-refractivity contribution in [3.63, 3.8) is 0 Å². The Bertz CT molecular complexity index is 1220. The van der Waals surface area contributed by atoms with Crippen LogP contribution in [0.25, 0.3) is 0 Å². The van der Waals surface area contributed by atoms with Crippen molar-refractivity contribution in [2.75, 3.05) is 41.4 Å². The Balaban J connectivity index is 2.19. The number of aryl methyl sites for hydroxylation is 1. The van der Waals surface area contributed by atoms with Gasteiger partial charge in [0, 0.05) is 46.7 Å². The molecule has 8 atom stereocenters. The van der Waals surface area contributed by atoms with Crippen LogP contribution in [0.2, 0.25) is 0 Å². The van der Waals surface area contributed by atoms with Crippen LogP contribution in [0.1, 0.15) is 91.7 Å². The number of likely N-dealkylation sites (tertiary alicyclic amines) is 1. The number of likely N-dealkylation sites (N-methyl/N-ethyl adjacent to an activating group) is 2. The van der Waals surface area contributed by atoms with Gasteiger partial charge in [0.25, 0.3) is 0 Å². The minimum Gasteiger partial charge on any atom is -0.379 e. The Kier molecular flexibility index (Phi) is 18.1. The summed E-state index contributed by atoms with van der Waals surface area (Å²) in [5.41, 5.74) is 2.36. The van der Waals surface area contributed by atoms with E-state index in [-0.39, 0.29) is 72.2 Å². The predicted molar refractivity (Wildman–Crippen MR) is 200 cm³/mol. The summed E-state index contributed by atoms with van der Waals surface area (Å²) in [4.78, 5) is 58.4. The second-order valence-corrected chi connectivity index (χ2v) is 15.1. The largest absolute Gasteiger partial charge is 0.379 e. The minimum atomic E-state index is -0.555. The lowest BCUT2D eigenvalue weighted by atomic mass is 9.84. The molecule has 1 aliphatic rings. The van der Waals surface area contributed by atoms with Crippen LogP contribution >= 0.6 is 0 Å². The van der Waals surface area contributed by atoms with Crippen LogP contribution in [-0.4, -0.2) is 105 Å². The maximum Gasteiger partial charge on any atom is 0.226 e. The van der Waals surface area contributed by atoms with Gasteiger partial charge in [-0.15, -0.1) is 0 Å². The Morgan fingerprint density at radius 2 is 1.60 bits per heavy atom. The molecule has 2 N–H and O–H groups in total. The number of Topliss-reactive ketones (excluding diaryl/α,β-unsaturated/α-hetero) is 1. The number of hydrogen-bond acceptors (Lipinski definition) is 7. The van der Waals surface area contributed by atoms with Crippen molar-refractivity contribution in [1.82, 2.24) is 20.4 Å². The zero-order valence-electron chi connectivity index (χ0n) is 33.1. The fourth-order valence-electron chi connectivity index (χ4n) is 7.63. The van der Waals surface area contributed by atoms with Gasteiger partial charge in [0.2, 0.25) is 17.7 Å². The molecule has 284 valence electrons. The highest BCUT2D eigenvalue weighted by molar-refractivity contribution is 5.90. The van der Waals surface area contributed by atoms with E-state index in [1.807, 2.05) is 39.5 Å². The van der Waals surface area contributed by atoms with Gasteiger partial charge in [0.05, 0.1) is 42.7 Å². The first-order valence-corrected chi connectivity index (χ1v) is 18.8. The molecule has 0 aliphatic carbocycles. The summed E-state index contributed by atoms with van der Waals surface area (Å²) in [5.74, 6) is -1.09. The van der Waals surface area contributed by atoms with Crippen LogP contribution in [0.5, 0.6) is 0 Å². The molecule has 1 unspecified atom stereocenters. The van der Waals surface area contributed by atoms with E-state index < -0.39 is 24.0 Å². The van der Waals surface area contributed by atoms with Gasteiger partial charge in [-0.05, 0) is 56.6 Å². The van der Waals surface area contributed by atoms with Crippen LogP contribution in [-0.2, 0) is 35.1 Å². The van der Waals surface area contributed by atoms with Crippen LogP contribution in [0, 0.1) is 36.5 Å². The summed E-state index contributed by atoms with van der Waals surface area (Å²) < 4.78 is 12.0. The molecule has 1 fully saturated rings. The molecule has 2 rings (SSSR count). The highest BCUT2D eigenvalue weighted by Gasteiger charge is 2.43. The van der Waals surface area contributed by atoms with Crippen LogP contribution in [0.3, 0.4) is 0 Å². The highest BCUT2D eigenvalue weighted by Crippen LogP contribution is 2.30. The Hall–Kier alpha value is -2.82. The lowest BCUT2D eigenvalue weighted by molar-refractivity contribution is -0.149. The number of ether oxygens (including phenoxy) is 2. The third-order valence-corrected chi connectivity index (χ3v) is 11.0. The number of nitrogens with one attached hydrogen (secondary N) is 2. The standard InChI is InChI=1S/C40H68N4O6/c1-13-28(7)37(43(10)40(48)31(25(2)3)23-33(45)36(41-9)26(4)5)34(49-11)24-35(46)44-22-14-15-32(44)38(50-12)29(8)39(47)42-21-20-30-18-16-27(6)17-19-30/h16-19,25-26,28-29,31-32,34,36-38,41H,13-15,20-24H2,1-12H3,(H,42,47)/t28?,29-,31+,32+,34-,36+,37+,38-/m1/s1. The highest BCUT2D eigenvalue weighted by atomic mass is 16.5. The molecule has 0 bridgehead atoms. The summed E-state index contributed by atoms with van der Waals surface area (Å²) >= 11 is 0. The first-order valence-electron chi connectivity index (χ1n) is 18.8. The molecule has 1 aliphatic heterocycles. The Morgan fingerprint density at radius 3 is 2.12 bits per heavy atom. The first-order chi connectivity index (χ1) is 23.6. The zero-order valence-corrected chi connectivity index (χ0v) is 33.1. The smallest absolute Gasteiger partial charge is 0.226 e. The number of methoxy groups -OCH3 is 2. The van der Waals surface area contributed by atoms with Gasteiger partial charge in [0.1, 0.15) is 0 Å². The molecular formula is C40H68N4O6. The van der Waals surface area contributed by atoms with E-state index in [1.54, 1.807) is 33.2 Å². The van der Waals surface area contributed by atoms with Gasteiger partial charge in [-0.25, -0.2) is 0 Å². The average molecular weight is 701 g/mol. The second-order valence-electron chi connectivity index (χ2n) is 15.1. The van der Waals surface area contributed by atoms with Gasteiger partial charge in [-0.2, -0.15) is 0 Å². The molecule has 0 radical (unpaired) electrons. The van der Waals surface area contributed by atoms with Gasteiger partial charge >= 0.3 is 0 Å². The van der Waals surface area contributed by atoms with E-state index in [2.05, 4.69) is 55.7 Å². The molecule has 3 amide bonds. The lowest BCUT2D eigenvalue weighted by Crippen LogP contribution is -2.54. The van der Waals surface area contributed by atoms with Gasteiger partial charge in [-0.3, -0.25) is 19.2 Å². The number of benzene rings is 1. The lowest BCUT2D eigenvalue weighted by Gasteiger charge is -2.41. The quantitative estimate of drug-likeness (QED) is 0.184. The van der Waals surface area contributed by atoms with Crippen molar-refractivity contribution in [3.05, 3.63) is 35.4 Å². The van der Waals surface area contributed by atoms with Gasteiger partial charge in [-0.1, -0.05) is 84.7 Å². The number of ketones is 1. The van der Waals surface area contributed by atoms with E-state index in [0.717, 1.165) is 31.2 Å². The molecule has 1 aromatic rings. The molecule has 0 aromatic heterocycles. The normalized spacial score (nSPS) is 19.1. The Morgan fingerprint density at radius 1 is 0.960 bits per heavy atom. The number of amides is 3. The zero-order chi connectivity index (χ0) is 37.7. The van der Waals surface area contributed by atoms with E-state index >= 15 is 0 Å². The third kappa shape index (κ3) is 11.6. The number of rotatable bonds is 21. The van der Waals surface area contributed by atoms with Crippen molar-refractivity contribution in [1.29, 1.82) is 0 Å². The van der Waals surface area contributed by atoms with Gasteiger partial charge in [0.15, 0.2) is 5.78 Å². The summed E-state index contributed by atoms with van der Waals surface area (Å²) in [5, 5.41) is 6.18. The van der Waals surface area contributed by atoms with Crippen molar-refractivity contribution in [2.45, 2.75) is 124 Å². The monoisotopic (exact) mass is 701 g/mol. The molecule has 1 heterocycles. The maximum absolute atomic E-state index is 14.2. The maximum atomic E-state index is 14.2. The number of nitrogens with zero attached hydrogens (tertiary/aromatic N) is 2. The number of carbonyl (C=O) groups is 4. The van der Waals surface area contributed by atoms with E-state index in [1.165, 1.54) is 5.56 Å². The summed E-state index contributed by atoms with van der Waals surface area (Å²) in [6.07, 6.45) is 2.30. The molecule has 1 saturated heterocycles. The SMILES string of the molecule is CCC(C)[C@@H]([C@@H](CC(=O)N1CCC[C@H]1[C@H](OC)[C@@H](C)C(=O)NCCc1ccc(C)cc1)OC)N(C)C(=O)[C@@H](CC(=O)[C@@H](NC)C(C)C)C(C)C. The Labute approximate surface area is 302 Å². The summed E-state index contributed by atoms with van der Waals surface area (Å²) in [6.45, 7) is 17.1. The van der Waals surface area contributed by atoms with Crippen LogP contribution < -0.4 is 10.6 Å². The number of carbonyl (C=O) groups excluding carboxylic acids is 4. The van der Waals surface area contributed by atoms with Gasteiger partial charge < -0.3 is 29.9 Å². The van der Waals surface area contributed by atoms with Crippen molar-refractivity contribution in [2.24, 2.45) is 29.6 Å². The van der Waals surface area contributed by atoms with E-state index in [4.69, 9.17) is 9.47 Å². The topological polar surface area (TPSA) is 117 Å². The minimum absolute atomic E-state index is 0.0310. The molecule has 50 heavy (non-hydrogen) atoms. The number of hydrogen-bond donors (Lipinski definition) is 2. The molecular weight excluding hydrogens is 632 g/mol. The molecule has 10 nitrogen and oxygen atoms in total. The van der Waals surface area contributed by atoms with Crippen molar-refractivity contribution >= 4 is 23.5 Å². The second kappa shape index (κ2) is 20.9. The van der Waals surface area contributed by atoms with E-state index in [0.29, 0.717) is 13.1 Å². The van der Waals surface area contributed by atoms with Crippen molar-refractivity contribution < 1.29 is 28.7 Å². The molecule has 0 spiro atoms. The summed E-state index contributed by atoms with van der Waals surface area (Å²) in [6, 6.07) is 7.35. The first kappa shape index (κ1) is 43.3. The average Bonchev–Trinajstić information content (AvgIpc) is 3.57. The van der Waals surface area contributed by atoms with Crippen LogP contribution in [0.15, 0.2) is 24.3 Å². The van der Waals surface area contributed by atoms with Crippen LogP contribution in [0.4, 0.5) is 0 Å². The fourth-order valence-corrected chi connectivity index (χ4v) is 7.63. The van der Waals surface area contributed by atoms with Crippen molar-refractivity contribution in [3.8, 4) is 0 Å². The fraction of sp³-hybridized carbons (Fsp3) is 0.750. The molecule has 10 heteroatoms. The molecule has 0 saturated carbocycles.